The van der Waals surface area contributed by atoms with Crippen LogP contribution < -0.4 is 14.8 Å². The molecule has 0 spiro atoms. The fourth-order valence-corrected chi connectivity index (χ4v) is 3.01. The number of aryl methyl sites for hydroxylation is 1. The third-order valence-corrected chi connectivity index (χ3v) is 4.24. The quantitative estimate of drug-likeness (QED) is 0.915. The maximum atomic E-state index is 11.6. The van der Waals surface area contributed by atoms with Gasteiger partial charge in [-0.3, -0.25) is 4.79 Å². The van der Waals surface area contributed by atoms with Gasteiger partial charge in [0.05, 0.1) is 12.1 Å². The largest absolute Gasteiger partial charge is 0.491 e. The Balaban J connectivity index is 1.83. The maximum absolute atomic E-state index is 11.6. The zero-order chi connectivity index (χ0) is 17.3. The number of ether oxygens (including phenoxy) is 2. The van der Waals surface area contributed by atoms with Crippen LogP contribution in [0, 0.1) is 12.8 Å². The van der Waals surface area contributed by atoms with E-state index in [0.717, 1.165) is 28.5 Å². The molecule has 2 aromatic rings. The average molecular weight is 328 g/mol. The molecule has 3 rings (SSSR count). The molecule has 0 radical (unpaired) electrons. The first-order chi connectivity index (χ1) is 11.4. The molecule has 2 unspecified atom stereocenters. The van der Waals surface area contributed by atoms with E-state index in [9.17, 15) is 4.79 Å². The van der Waals surface area contributed by atoms with Gasteiger partial charge in [-0.1, -0.05) is 6.92 Å². The Morgan fingerprint density at radius 1 is 1.38 bits per heavy atom. The number of fused-ring (bicyclic) bond motifs is 1. The van der Waals surface area contributed by atoms with Crippen LogP contribution in [0.15, 0.2) is 24.4 Å². The second kappa shape index (κ2) is 6.67. The molecule has 1 amide bonds. The number of aromatic nitrogens is 1. The zero-order valence-corrected chi connectivity index (χ0v) is 14.6. The van der Waals surface area contributed by atoms with Crippen molar-refractivity contribution in [2.75, 3.05) is 6.61 Å². The van der Waals surface area contributed by atoms with Gasteiger partial charge in [-0.2, -0.15) is 0 Å². The lowest BCUT2D eigenvalue weighted by molar-refractivity contribution is -0.122. The number of benzene rings is 1. The number of nitrogens with zero attached hydrogens (tertiary/aromatic N) is 1. The molecule has 0 bridgehead atoms. The van der Waals surface area contributed by atoms with E-state index in [1.165, 1.54) is 0 Å². The van der Waals surface area contributed by atoms with Crippen LogP contribution in [0.5, 0.6) is 11.6 Å². The van der Waals surface area contributed by atoms with E-state index in [1.54, 1.807) is 6.20 Å². The second-order valence-corrected chi connectivity index (χ2v) is 6.77. The van der Waals surface area contributed by atoms with Crippen molar-refractivity contribution in [3.63, 3.8) is 0 Å². The molecular formula is C19H24N2O3. The van der Waals surface area contributed by atoms with Crippen LogP contribution in [-0.4, -0.2) is 29.6 Å². The van der Waals surface area contributed by atoms with Gasteiger partial charge in [0.15, 0.2) is 0 Å². The Hall–Kier alpha value is -2.30. The lowest BCUT2D eigenvalue weighted by Crippen LogP contribution is -2.31. The summed E-state index contributed by atoms with van der Waals surface area (Å²) in [5.41, 5.74) is 1.09. The second-order valence-electron chi connectivity index (χ2n) is 6.77. The van der Waals surface area contributed by atoms with Crippen LogP contribution in [0.1, 0.15) is 32.8 Å². The highest BCUT2D eigenvalue weighted by molar-refractivity contribution is 5.89. The molecule has 128 valence electrons. The normalized spacial score (nSPS) is 20.5. The molecule has 2 heterocycles. The molecule has 1 aromatic carbocycles. The predicted octanol–water partition coefficient (Wildman–Crippen LogP) is 3.23. The average Bonchev–Trinajstić information content (AvgIpc) is 2.84. The summed E-state index contributed by atoms with van der Waals surface area (Å²) in [6, 6.07) is 6.08. The Morgan fingerprint density at radius 2 is 2.17 bits per heavy atom. The molecule has 5 heteroatoms. The molecule has 5 nitrogen and oxygen atoms in total. The van der Waals surface area contributed by atoms with Crippen molar-refractivity contribution in [3.05, 3.63) is 30.0 Å². The summed E-state index contributed by atoms with van der Waals surface area (Å²) in [5, 5.41) is 4.95. The summed E-state index contributed by atoms with van der Waals surface area (Å²) in [4.78, 5) is 16.0. The van der Waals surface area contributed by atoms with Gasteiger partial charge in [0.1, 0.15) is 12.4 Å². The summed E-state index contributed by atoms with van der Waals surface area (Å²) in [6.45, 7) is 8.41. The monoisotopic (exact) mass is 328 g/mol. The summed E-state index contributed by atoms with van der Waals surface area (Å²) in [7, 11) is 0. The Labute approximate surface area is 142 Å². The molecule has 24 heavy (non-hydrogen) atoms. The van der Waals surface area contributed by atoms with Crippen molar-refractivity contribution in [3.8, 4) is 11.6 Å². The van der Waals surface area contributed by atoms with E-state index < -0.39 is 0 Å². The Morgan fingerprint density at radius 3 is 2.83 bits per heavy atom. The van der Waals surface area contributed by atoms with E-state index in [4.69, 9.17) is 9.47 Å². The lowest BCUT2D eigenvalue weighted by Gasteiger charge is -2.16. The SMILES string of the molecule is Cc1cc2ccnc(OCC3CC(C)C(=O)N3)c2cc1OC(C)C. The molecule has 0 aliphatic carbocycles. The fourth-order valence-electron chi connectivity index (χ4n) is 3.01. The molecule has 1 saturated heterocycles. The van der Waals surface area contributed by atoms with Gasteiger partial charge in [-0.05, 0) is 56.3 Å². The minimum atomic E-state index is 0.0430. The summed E-state index contributed by atoms with van der Waals surface area (Å²) >= 11 is 0. The van der Waals surface area contributed by atoms with Gasteiger partial charge in [-0.15, -0.1) is 0 Å². The molecule has 0 saturated carbocycles. The van der Waals surface area contributed by atoms with Gasteiger partial charge in [0.2, 0.25) is 11.8 Å². The molecule has 1 aliphatic heterocycles. The number of rotatable bonds is 5. The third-order valence-electron chi connectivity index (χ3n) is 4.24. The zero-order valence-electron chi connectivity index (χ0n) is 14.6. The number of pyridine rings is 1. The number of nitrogens with one attached hydrogen (secondary N) is 1. The van der Waals surface area contributed by atoms with Gasteiger partial charge in [0, 0.05) is 17.5 Å². The van der Waals surface area contributed by atoms with Gasteiger partial charge < -0.3 is 14.8 Å². The summed E-state index contributed by atoms with van der Waals surface area (Å²) in [6.07, 6.45) is 2.65. The highest BCUT2D eigenvalue weighted by Gasteiger charge is 2.28. The van der Waals surface area contributed by atoms with E-state index in [-0.39, 0.29) is 24.0 Å². The number of hydrogen-bond acceptors (Lipinski definition) is 4. The highest BCUT2D eigenvalue weighted by atomic mass is 16.5. The van der Waals surface area contributed by atoms with Crippen LogP contribution in [-0.2, 0) is 4.79 Å². The number of hydrogen-bond donors (Lipinski definition) is 1. The van der Waals surface area contributed by atoms with Crippen LogP contribution in [0.3, 0.4) is 0 Å². The standard InChI is InChI=1S/C19H24N2O3/c1-11(2)24-17-9-16-14(7-12(17)3)5-6-20-19(16)23-10-15-8-13(4)18(22)21-15/h5-7,9,11,13,15H,8,10H2,1-4H3,(H,21,22). The van der Waals surface area contributed by atoms with Gasteiger partial charge in [-0.25, -0.2) is 4.98 Å². The molecule has 1 aliphatic rings. The van der Waals surface area contributed by atoms with Crippen LogP contribution in [0.2, 0.25) is 0 Å². The smallest absolute Gasteiger partial charge is 0.223 e. The Bertz CT molecular complexity index is 758. The topological polar surface area (TPSA) is 60.5 Å². The molecule has 1 fully saturated rings. The summed E-state index contributed by atoms with van der Waals surface area (Å²) in [5.74, 6) is 1.57. The first kappa shape index (κ1) is 16.6. The van der Waals surface area contributed by atoms with Gasteiger partial charge in [0.25, 0.3) is 0 Å². The maximum Gasteiger partial charge on any atom is 0.223 e. The van der Waals surface area contributed by atoms with Crippen molar-refractivity contribution < 1.29 is 14.3 Å². The molecule has 1 N–H and O–H groups in total. The summed E-state index contributed by atoms with van der Waals surface area (Å²) < 4.78 is 11.8. The van der Waals surface area contributed by atoms with Crippen molar-refractivity contribution in [1.29, 1.82) is 0 Å². The first-order valence-electron chi connectivity index (χ1n) is 8.43. The lowest BCUT2D eigenvalue weighted by atomic mass is 10.1. The van der Waals surface area contributed by atoms with E-state index in [1.807, 2.05) is 39.8 Å². The predicted molar refractivity (Wildman–Crippen MR) is 93.5 cm³/mol. The third kappa shape index (κ3) is 3.45. The van der Waals surface area contributed by atoms with E-state index in [0.29, 0.717) is 12.5 Å². The molecular weight excluding hydrogens is 304 g/mol. The van der Waals surface area contributed by atoms with E-state index >= 15 is 0 Å². The van der Waals surface area contributed by atoms with E-state index in [2.05, 4.69) is 16.4 Å². The highest BCUT2D eigenvalue weighted by Crippen LogP contribution is 2.31. The molecule has 1 aromatic heterocycles. The first-order valence-corrected chi connectivity index (χ1v) is 8.43. The minimum absolute atomic E-state index is 0.0430. The molecule has 2 atom stereocenters. The van der Waals surface area contributed by atoms with Crippen LogP contribution >= 0.6 is 0 Å². The number of amides is 1. The fraction of sp³-hybridized carbons (Fsp3) is 0.474. The van der Waals surface area contributed by atoms with Crippen LogP contribution in [0.4, 0.5) is 0 Å². The van der Waals surface area contributed by atoms with Crippen molar-refractivity contribution >= 4 is 16.7 Å². The van der Waals surface area contributed by atoms with Gasteiger partial charge >= 0.3 is 0 Å². The van der Waals surface area contributed by atoms with Crippen molar-refractivity contribution in [2.45, 2.75) is 46.3 Å². The van der Waals surface area contributed by atoms with Crippen molar-refractivity contribution in [2.24, 2.45) is 5.92 Å². The number of carbonyl (C=O) groups excluding carboxylic acids is 1. The number of carbonyl (C=O) groups is 1. The Kier molecular flexibility index (Phi) is 4.60. The minimum Gasteiger partial charge on any atom is -0.491 e. The van der Waals surface area contributed by atoms with Crippen LogP contribution in [0.25, 0.3) is 10.8 Å². The van der Waals surface area contributed by atoms with Crippen molar-refractivity contribution in [1.82, 2.24) is 10.3 Å².